The van der Waals surface area contributed by atoms with Crippen LogP contribution in [0, 0.1) is 11.3 Å². The summed E-state index contributed by atoms with van der Waals surface area (Å²) in [4.78, 5) is 2.47. The highest BCUT2D eigenvalue weighted by molar-refractivity contribution is 5.16. The summed E-state index contributed by atoms with van der Waals surface area (Å²) in [6, 6.07) is 0. The first-order chi connectivity index (χ1) is 7.56. The zero-order chi connectivity index (χ0) is 12.0. The summed E-state index contributed by atoms with van der Waals surface area (Å²) < 4.78 is 13.5. The van der Waals surface area contributed by atoms with Crippen molar-refractivity contribution in [2.24, 2.45) is 11.3 Å². The fraction of sp³-hybridized carbons (Fsp3) is 1.00. The Morgan fingerprint density at radius 1 is 1.25 bits per heavy atom. The lowest BCUT2D eigenvalue weighted by Gasteiger charge is -2.35. The molecule has 3 fully saturated rings. The van der Waals surface area contributed by atoms with Gasteiger partial charge in [-0.15, -0.1) is 0 Å². The SMILES string of the molecule is CC.CC(C)C12CC(F)CN1CC1(CC1)C2. The van der Waals surface area contributed by atoms with Gasteiger partial charge in [-0.25, -0.2) is 4.39 Å². The number of hydrogen-bond acceptors (Lipinski definition) is 1. The van der Waals surface area contributed by atoms with Gasteiger partial charge in [-0.05, 0) is 37.0 Å². The minimum absolute atomic E-state index is 0.232. The van der Waals surface area contributed by atoms with E-state index in [4.69, 9.17) is 0 Å². The molecule has 0 aromatic rings. The van der Waals surface area contributed by atoms with E-state index in [1.54, 1.807) is 0 Å². The normalized spacial score (nSPS) is 39.8. The molecule has 0 aromatic heterocycles. The minimum Gasteiger partial charge on any atom is -0.294 e. The number of rotatable bonds is 1. The molecule has 3 rings (SSSR count). The molecule has 0 amide bonds. The van der Waals surface area contributed by atoms with Gasteiger partial charge >= 0.3 is 0 Å². The van der Waals surface area contributed by atoms with Gasteiger partial charge in [-0.1, -0.05) is 27.7 Å². The Labute approximate surface area is 99.4 Å². The maximum absolute atomic E-state index is 13.5. The maximum atomic E-state index is 13.5. The third-order valence-electron chi connectivity index (χ3n) is 4.86. The molecular weight excluding hydrogens is 201 g/mol. The van der Waals surface area contributed by atoms with Crippen molar-refractivity contribution in [3.63, 3.8) is 0 Å². The van der Waals surface area contributed by atoms with Crippen LogP contribution in [0.2, 0.25) is 0 Å². The van der Waals surface area contributed by atoms with Gasteiger partial charge in [0.25, 0.3) is 0 Å². The van der Waals surface area contributed by atoms with Crippen molar-refractivity contribution in [3.05, 3.63) is 0 Å². The van der Waals surface area contributed by atoms with Gasteiger partial charge in [0, 0.05) is 18.6 Å². The van der Waals surface area contributed by atoms with Crippen LogP contribution in [-0.2, 0) is 0 Å². The van der Waals surface area contributed by atoms with Gasteiger partial charge in [-0.2, -0.15) is 0 Å². The molecule has 2 aliphatic heterocycles. The number of alkyl halides is 1. The molecule has 0 bridgehead atoms. The first-order valence-electron chi connectivity index (χ1n) is 6.96. The molecule has 1 nitrogen and oxygen atoms in total. The van der Waals surface area contributed by atoms with Crippen LogP contribution >= 0.6 is 0 Å². The third-order valence-corrected chi connectivity index (χ3v) is 4.86. The molecule has 2 unspecified atom stereocenters. The number of hydrogen-bond donors (Lipinski definition) is 0. The number of fused-ring (bicyclic) bond motifs is 1. The van der Waals surface area contributed by atoms with Crippen molar-refractivity contribution >= 4 is 0 Å². The fourth-order valence-electron chi connectivity index (χ4n) is 3.83. The smallest absolute Gasteiger partial charge is 0.115 e. The summed E-state index contributed by atoms with van der Waals surface area (Å²) in [7, 11) is 0. The second-order valence-corrected chi connectivity index (χ2v) is 6.12. The Balaban J connectivity index is 0.000000457. The van der Waals surface area contributed by atoms with E-state index in [2.05, 4.69) is 18.7 Å². The molecule has 3 aliphatic rings. The first-order valence-corrected chi connectivity index (χ1v) is 6.96. The van der Waals surface area contributed by atoms with Crippen LogP contribution in [0.4, 0.5) is 4.39 Å². The van der Waals surface area contributed by atoms with E-state index in [0.29, 0.717) is 17.9 Å². The molecular formula is C14H26FN. The average Bonchev–Trinajstić information content (AvgIpc) is 2.79. The monoisotopic (exact) mass is 227 g/mol. The Morgan fingerprint density at radius 2 is 1.88 bits per heavy atom. The lowest BCUT2D eigenvalue weighted by molar-refractivity contribution is 0.136. The second-order valence-electron chi connectivity index (χ2n) is 6.12. The second kappa shape index (κ2) is 3.97. The predicted octanol–water partition coefficient (Wildman–Crippen LogP) is 3.64. The van der Waals surface area contributed by atoms with Gasteiger partial charge in [-0.3, -0.25) is 4.90 Å². The summed E-state index contributed by atoms with van der Waals surface area (Å²) >= 11 is 0. The Kier molecular flexibility index (Phi) is 3.07. The van der Waals surface area contributed by atoms with E-state index in [-0.39, 0.29) is 5.54 Å². The molecule has 2 saturated heterocycles. The summed E-state index contributed by atoms with van der Waals surface area (Å²) in [6.45, 7) is 10.4. The molecule has 0 N–H and O–H groups in total. The van der Waals surface area contributed by atoms with Crippen molar-refractivity contribution in [2.75, 3.05) is 13.1 Å². The maximum Gasteiger partial charge on any atom is 0.115 e. The molecule has 0 aromatic carbocycles. The topological polar surface area (TPSA) is 3.24 Å². The van der Waals surface area contributed by atoms with E-state index in [1.165, 1.54) is 25.8 Å². The average molecular weight is 227 g/mol. The predicted molar refractivity (Wildman–Crippen MR) is 66.3 cm³/mol. The van der Waals surface area contributed by atoms with E-state index in [1.807, 2.05) is 13.8 Å². The zero-order valence-corrected chi connectivity index (χ0v) is 11.2. The summed E-state index contributed by atoms with van der Waals surface area (Å²) in [5.41, 5.74) is 0.861. The fourth-order valence-corrected chi connectivity index (χ4v) is 3.83. The standard InChI is InChI=1S/C12H20FN.C2H6/c1-9(2)12-5-10(13)6-14(12)8-11(7-12)3-4-11;1-2/h9-10H,3-8H2,1-2H3;1-2H3. The molecule has 94 valence electrons. The van der Waals surface area contributed by atoms with Crippen LogP contribution in [0.5, 0.6) is 0 Å². The first kappa shape index (κ1) is 12.3. The lowest BCUT2D eigenvalue weighted by Crippen LogP contribution is -2.42. The van der Waals surface area contributed by atoms with E-state index in [9.17, 15) is 4.39 Å². The van der Waals surface area contributed by atoms with Gasteiger partial charge in [0.1, 0.15) is 6.17 Å². The quantitative estimate of drug-likeness (QED) is 0.661. The Bertz CT molecular complexity index is 259. The van der Waals surface area contributed by atoms with Gasteiger partial charge in [0.2, 0.25) is 0 Å². The summed E-state index contributed by atoms with van der Waals surface area (Å²) in [5, 5.41) is 0. The Morgan fingerprint density at radius 3 is 2.31 bits per heavy atom. The van der Waals surface area contributed by atoms with Crippen LogP contribution < -0.4 is 0 Å². The van der Waals surface area contributed by atoms with Crippen LogP contribution in [-0.4, -0.2) is 29.7 Å². The van der Waals surface area contributed by atoms with Crippen LogP contribution in [0.3, 0.4) is 0 Å². The highest BCUT2D eigenvalue weighted by Crippen LogP contribution is 2.62. The molecule has 0 radical (unpaired) electrons. The molecule has 2 heterocycles. The van der Waals surface area contributed by atoms with E-state index in [0.717, 1.165) is 6.42 Å². The van der Waals surface area contributed by atoms with Gasteiger partial charge in [0.15, 0.2) is 0 Å². The van der Waals surface area contributed by atoms with Gasteiger partial charge in [0.05, 0.1) is 0 Å². The molecule has 1 spiro atoms. The van der Waals surface area contributed by atoms with Crippen molar-refractivity contribution in [2.45, 2.75) is 65.1 Å². The largest absolute Gasteiger partial charge is 0.294 e. The number of nitrogens with zero attached hydrogens (tertiary/aromatic N) is 1. The molecule has 16 heavy (non-hydrogen) atoms. The minimum atomic E-state index is -0.562. The van der Waals surface area contributed by atoms with Gasteiger partial charge < -0.3 is 0 Å². The van der Waals surface area contributed by atoms with Crippen LogP contribution in [0.1, 0.15) is 53.4 Å². The Hall–Kier alpha value is -0.110. The summed E-state index contributed by atoms with van der Waals surface area (Å²) in [5.74, 6) is 0.614. The lowest BCUT2D eigenvalue weighted by atomic mass is 9.79. The number of halogens is 1. The zero-order valence-electron chi connectivity index (χ0n) is 11.2. The molecule has 2 heteroatoms. The molecule has 1 aliphatic carbocycles. The van der Waals surface area contributed by atoms with Crippen molar-refractivity contribution in [3.8, 4) is 0 Å². The third kappa shape index (κ3) is 1.70. The van der Waals surface area contributed by atoms with Crippen LogP contribution in [0.25, 0.3) is 0 Å². The van der Waals surface area contributed by atoms with E-state index >= 15 is 0 Å². The van der Waals surface area contributed by atoms with Crippen molar-refractivity contribution in [1.82, 2.24) is 4.90 Å². The molecule has 2 atom stereocenters. The highest BCUT2D eigenvalue weighted by atomic mass is 19.1. The highest BCUT2D eigenvalue weighted by Gasteiger charge is 2.62. The van der Waals surface area contributed by atoms with Crippen molar-refractivity contribution in [1.29, 1.82) is 0 Å². The van der Waals surface area contributed by atoms with Crippen LogP contribution in [0.15, 0.2) is 0 Å². The van der Waals surface area contributed by atoms with E-state index < -0.39 is 6.17 Å². The van der Waals surface area contributed by atoms with Crippen molar-refractivity contribution < 1.29 is 4.39 Å². The molecule has 1 saturated carbocycles. The summed E-state index contributed by atoms with van der Waals surface area (Å²) in [6.07, 6.45) is 4.31.